The molecule has 2 aromatic rings. The van der Waals surface area contributed by atoms with E-state index in [1.54, 1.807) is 36.4 Å². The molecular formula is C18H18Cl2N4O2. The maximum Gasteiger partial charge on any atom is 0.244 e. The number of amides is 2. The zero-order valence-corrected chi connectivity index (χ0v) is 15.3. The molecule has 2 aromatic carbocycles. The first-order chi connectivity index (χ1) is 12.5. The molecule has 136 valence electrons. The summed E-state index contributed by atoms with van der Waals surface area (Å²) in [5, 5.41) is 1.24. The Labute approximate surface area is 161 Å². The predicted molar refractivity (Wildman–Crippen MR) is 100 cm³/mol. The van der Waals surface area contributed by atoms with Crippen molar-refractivity contribution in [1.82, 2.24) is 21.7 Å². The fraction of sp³-hybridized carbons (Fsp3) is 0.222. The van der Waals surface area contributed by atoms with E-state index in [9.17, 15) is 9.59 Å². The van der Waals surface area contributed by atoms with Crippen molar-refractivity contribution in [2.45, 2.75) is 12.5 Å². The monoisotopic (exact) mass is 392 g/mol. The van der Waals surface area contributed by atoms with Crippen LogP contribution >= 0.6 is 23.2 Å². The summed E-state index contributed by atoms with van der Waals surface area (Å²) in [6, 6.07) is 14.1. The zero-order chi connectivity index (χ0) is 18.5. The second-order valence-corrected chi connectivity index (χ2v) is 6.87. The van der Waals surface area contributed by atoms with Crippen molar-refractivity contribution in [1.29, 1.82) is 0 Å². The van der Waals surface area contributed by atoms with E-state index in [4.69, 9.17) is 23.2 Å². The smallest absolute Gasteiger partial charge is 0.244 e. The molecule has 2 amide bonds. The van der Waals surface area contributed by atoms with E-state index >= 15 is 0 Å². The van der Waals surface area contributed by atoms with Crippen LogP contribution in [0.15, 0.2) is 48.5 Å². The number of nitrogens with one attached hydrogen (secondary N) is 4. The second kappa shape index (κ2) is 8.51. The zero-order valence-electron chi connectivity index (χ0n) is 13.8. The molecule has 2 atom stereocenters. The average molecular weight is 393 g/mol. The summed E-state index contributed by atoms with van der Waals surface area (Å²) >= 11 is 11.7. The fourth-order valence-corrected chi connectivity index (χ4v) is 3.03. The van der Waals surface area contributed by atoms with Crippen LogP contribution in [-0.4, -0.2) is 18.4 Å². The third kappa shape index (κ3) is 4.74. The van der Waals surface area contributed by atoms with Gasteiger partial charge in [0.15, 0.2) is 0 Å². The van der Waals surface area contributed by atoms with Gasteiger partial charge in [-0.2, -0.15) is 0 Å². The van der Waals surface area contributed by atoms with Crippen molar-refractivity contribution in [3.63, 3.8) is 0 Å². The van der Waals surface area contributed by atoms with E-state index in [1.165, 1.54) is 0 Å². The van der Waals surface area contributed by atoms with Gasteiger partial charge in [-0.15, -0.1) is 0 Å². The Morgan fingerprint density at radius 1 is 0.962 bits per heavy atom. The predicted octanol–water partition coefficient (Wildman–Crippen LogP) is 2.15. The Balaban J connectivity index is 1.54. The Morgan fingerprint density at radius 2 is 1.58 bits per heavy atom. The topological polar surface area (TPSA) is 82.3 Å². The first-order valence-electron chi connectivity index (χ1n) is 8.10. The molecule has 1 heterocycles. The van der Waals surface area contributed by atoms with Gasteiger partial charge in [-0.1, -0.05) is 47.5 Å². The summed E-state index contributed by atoms with van der Waals surface area (Å²) in [5.41, 5.74) is 12.8. The highest BCUT2D eigenvalue weighted by Crippen LogP contribution is 2.26. The molecule has 0 spiro atoms. The summed E-state index contributed by atoms with van der Waals surface area (Å²) in [6.07, 6.45) is 0.152. The van der Waals surface area contributed by atoms with Gasteiger partial charge >= 0.3 is 0 Å². The molecule has 1 fully saturated rings. The first kappa shape index (κ1) is 18.7. The minimum Gasteiger partial charge on any atom is -0.273 e. The van der Waals surface area contributed by atoms with Gasteiger partial charge in [0.2, 0.25) is 11.8 Å². The molecule has 0 aliphatic carbocycles. The van der Waals surface area contributed by atoms with E-state index in [1.807, 2.05) is 12.1 Å². The van der Waals surface area contributed by atoms with Crippen LogP contribution in [0.25, 0.3) is 0 Å². The molecule has 8 heteroatoms. The molecule has 3 rings (SSSR count). The minimum absolute atomic E-state index is 0.152. The van der Waals surface area contributed by atoms with Crippen LogP contribution in [-0.2, 0) is 16.0 Å². The molecule has 1 aliphatic rings. The summed E-state index contributed by atoms with van der Waals surface area (Å²) in [4.78, 5) is 24.4. The number of carbonyl (C=O) groups is 2. The summed E-state index contributed by atoms with van der Waals surface area (Å²) < 4.78 is 0. The molecule has 1 aliphatic heterocycles. The lowest BCUT2D eigenvalue weighted by atomic mass is 9.94. The molecule has 1 saturated heterocycles. The summed E-state index contributed by atoms with van der Waals surface area (Å²) in [5.74, 6) is -0.943. The van der Waals surface area contributed by atoms with Gasteiger partial charge < -0.3 is 0 Å². The lowest BCUT2D eigenvalue weighted by molar-refractivity contribution is -0.131. The van der Waals surface area contributed by atoms with Crippen molar-refractivity contribution >= 4 is 35.0 Å². The van der Waals surface area contributed by atoms with Crippen LogP contribution in [0.4, 0.5) is 0 Å². The molecule has 6 nitrogen and oxygen atoms in total. The van der Waals surface area contributed by atoms with Gasteiger partial charge in [-0.25, -0.2) is 5.43 Å². The molecule has 0 bridgehead atoms. The number of rotatable bonds is 4. The number of hydrogen-bond acceptors (Lipinski definition) is 4. The molecule has 0 radical (unpaired) electrons. The van der Waals surface area contributed by atoms with Crippen LogP contribution in [0, 0.1) is 5.92 Å². The van der Waals surface area contributed by atoms with Crippen molar-refractivity contribution in [2.75, 3.05) is 6.54 Å². The highest BCUT2D eigenvalue weighted by molar-refractivity contribution is 6.30. The van der Waals surface area contributed by atoms with Crippen LogP contribution in [0.1, 0.15) is 17.2 Å². The van der Waals surface area contributed by atoms with Crippen molar-refractivity contribution < 1.29 is 9.59 Å². The average Bonchev–Trinajstić information content (AvgIpc) is 3.12. The van der Waals surface area contributed by atoms with Crippen LogP contribution < -0.4 is 21.7 Å². The standard InChI is InChI=1S/C18H18Cl2N4O2/c19-13-5-1-11(2-6-13)9-16(25)22-24-18(26)15-10-21-23-17(15)12-3-7-14(20)8-4-12/h1-8,15,17,21,23H,9-10H2,(H,22,25)(H,24,26). The SMILES string of the molecule is O=C(Cc1ccc(Cl)cc1)NNC(=O)C1CNNC1c1ccc(Cl)cc1. The molecule has 26 heavy (non-hydrogen) atoms. The Hall–Kier alpha value is -2.12. The van der Waals surface area contributed by atoms with E-state index in [2.05, 4.69) is 21.7 Å². The molecule has 0 aromatic heterocycles. The number of benzene rings is 2. The molecule has 2 unspecified atom stereocenters. The van der Waals surface area contributed by atoms with E-state index in [0.29, 0.717) is 16.6 Å². The molecular weight excluding hydrogens is 375 g/mol. The Bertz CT molecular complexity index is 781. The number of carbonyl (C=O) groups excluding carboxylic acids is 2. The largest absolute Gasteiger partial charge is 0.273 e. The van der Waals surface area contributed by atoms with Gasteiger partial charge in [-0.3, -0.25) is 25.9 Å². The normalized spacial score (nSPS) is 19.2. The minimum atomic E-state index is -0.369. The third-order valence-corrected chi connectivity index (χ3v) is 4.65. The van der Waals surface area contributed by atoms with Gasteiger partial charge in [0.1, 0.15) is 0 Å². The number of hydrogen-bond donors (Lipinski definition) is 4. The van der Waals surface area contributed by atoms with E-state index in [-0.39, 0.29) is 30.2 Å². The molecule has 4 N–H and O–H groups in total. The van der Waals surface area contributed by atoms with Gasteiger partial charge in [0.05, 0.1) is 18.4 Å². The summed E-state index contributed by atoms with van der Waals surface area (Å²) in [7, 11) is 0. The van der Waals surface area contributed by atoms with E-state index < -0.39 is 0 Å². The van der Waals surface area contributed by atoms with Crippen molar-refractivity contribution in [3.05, 3.63) is 69.7 Å². The second-order valence-electron chi connectivity index (χ2n) is 6.00. The highest BCUT2D eigenvalue weighted by Gasteiger charge is 2.34. The third-order valence-electron chi connectivity index (χ3n) is 4.15. The van der Waals surface area contributed by atoms with Crippen LogP contribution in [0.5, 0.6) is 0 Å². The lowest BCUT2D eigenvalue weighted by Gasteiger charge is -2.18. The van der Waals surface area contributed by atoms with Crippen molar-refractivity contribution in [3.8, 4) is 0 Å². The highest BCUT2D eigenvalue weighted by atomic mass is 35.5. The van der Waals surface area contributed by atoms with Crippen molar-refractivity contribution in [2.24, 2.45) is 5.92 Å². The van der Waals surface area contributed by atoms with Gasteiger partial charge in [0.25, 0.3) is 0 Å². The fourth-order valence-electron chi connectivity index (χ4n) is 2.78. The first-order valence-corrected chi connectivity index (χ1v) is 8.85. The quantitative estimate of drug-likeness (QED) is 0.600. The number of hydrazine groups is 2. The Kier molecular flexibility index (Phi) is 6.11. The Morgan fingerprint density at radius 3 is 2.23 bits per heavy atom. The molecule has 0 saturated carbocycles. The lowest BCUT2D eigenvalue weighted by Crippen LogP contribution is -2.46. The number of halogens is 2. The van der Waals surface area contributed by atoms with Gasteiger partial charge in [0, 0.05) is 16.6 Å². The van der Waals surface area contributed by atoms with E-state index in [0.717, 1.165) is 11.1 Å². The summed E-state index contributed by atoms with van der Waals surface area (Å²) in [6.45, 7) is 0.451. The maximum absolute atomic E-state index is 12.4. The van der Waals surface area contributed by atoms with Gasteiger partial charge in [-0.05, 0) is 35.4 Å². The van der Waals surface area contributed by atoms with Crippen LogP contribution in [0.3, 0.4) is 0 Å². The maximum atomic E-state index is 12.4. The van der Waals surface area contributed by atoms with Crippen LogP contribution in [0.2, 0.25) is 10.0 Å².